The van der Waals surface area contributed by atoms with E-state index in [9.17, 15) is 13.8 Å². The molecule has 1 unspecified atom stereocenters. The zero-order valence-corrected chi connectivity index (χ0v) is 11.9. The number of pyridine rings is 1. The number of fused-ring (bicyclic) bond motifs is 1. The zero-order chi connectivity index (χ0) is 15.6. The number of halogens is 1. The van der Waals surface area contributed by atoms with Gasteiger partial charge in [0.25, 0.3) is 6.41 Å². The molecule has 0 saturated carbocycles. The van der Waals surface area contributed by atoms with Crippen molar-refractivity contribution in [3.63, 3.8) is 0 Å². The summed E-state index contributed by atoms with van der Waals surface area (Å²) in [6.07, 6.45) is -0.263. The molecule has 9 heteroatoms. The zero-order valence-electron chi connectivity index (χ0n) is 11.0. The van der Waals surface area contributed by atoms with Gasteiger partial charge in [-0.05, 0) is 19.1 Å². The van der Waals surface area contributed by atoms with E-state index in [2.05, 4.69) is 4.52 Å². The van der Waals surface area contributed by atoms with Gasteiger partial charge in [-0.15, -0.1) is 0 Å². The van der Waals surface area contributed by atoms with Gasteiger partial charge in [0.2, 0.25) is 0 Å². The number of phosphoric ester groups is 1. The molecular weight excluding hydrogens is 304 g/mol. The average Bonchev–Trinajstić information content (AvgIpc) is 2.37. The average molecular weight is 317 g/mol. The number of hydrogen-bond acceptors (Lipinski definition) is 4. The van der Waals surface area contributed by atoms with Gasteiger partial charge in [-0.1, -0.05) is 6.07 Å². The Hall–Kier alpha value is -1.57. The standard InChI is InChI=1S/C12H13FNO6P/c1-2-19-12(20-21(16,17)18)14-7-6-10(15)11-8(13)4-3-5-9(11)14/h3-7,12H,2H2,1H3,(H2,16,17,18). The quantitative estimate of drug-likeness (QED) is 0.644. The van der Waals surface area contributed by atoms with Gasteiger partial charge >= 0.3 is 7.82 Å². The Bertz CT molecular complexity index is 755. The fourth-order valence-electron chi connectivity index (χ4n) is 1.89. The van der Waals surface area contributed by atoms with Crippen LogP contribution in [0.15, 0.2) is 35.3 Å². The molecule has 0 saturated heterocycles. The third kappa shape index (κ3) is 3.55. The van der Waals surface area contributed by atoms with Gasteiger partial charge in [-0.3, -0.25) is 9.36 Å². The van der Waals surface area contributed by atoms with Crippen LogP contribution in [0.25, 0.3) is 10.9 Å². The minimum Gasteiger partial charge on any atom is -0.335 e. The summed E-state index contributed by atoms with van der Waals surface area (Å²) in [5.74, 6) is -0.738. The molecule has 21 heavy (non-hydrogen) atoms. The maximum atomic E-state index is 13.8. The van der Waals surface area contributed by atoms with E-state index in [-0.39, 0.29) is 17.5 Å². The molecule has 1 aromatic heterocycles. The van der Waals surface area contributed by atoms with Gasteiger partial charge in [0.1, 0.15) is 5.82 Å². The van der Waals surface area contributed by atoms with E-state index in [4.69, 9.17) is 14.5 Å². The second kappa shape index (κ2) is 6.05. The monoisotopic (exact) mass is 317 g/mol. The van der Waals surface area contributed by atoms with Crippen molar-refractivity contribution >= 4 is 18.7 Å². The molecule has 0 amide bonds. The van der Waals surface area contributed by atoms with Crippen molar-refractivity contribution in [1.29, 1.82) is 0 Å². The highest BCUT2D eigenvalue weighted by Gasteiger charge is 2.25. The Balaban J connectivity index is 2.63. The number of rotatable bonds is 5. The maximum Gasteiger partial charge on any atom is 0.473 e. The fraction of sp³-hybridized carbons (Fsp3) is 0.250. The molecule has 1 heterocycles. The van der Waals surface area contributed by atoms with E-state index in [0.29, 0.717) is 0 Å². The SMILES string of the molecule is CCOC(OP(=O)(O)O)n1ccc(=O)c2c(F)cccc21. The van der Waals surface area contributed by atoms with Crippen molar-refractivity contribution in [2.24, 2.45) is 0 Å². The number of nitrogens with zero attached hydrogens (tertiary/aromatic N) is 1. The summed E-state index contributed by atoms with van der Waals surface area (Å²) in [5, 5.41) is -0.209. The van der Waals surface area contributed by atoms with Crippen LogP contribution in [0.2, 0.25) is 0 Å². The molecule has 1 atom stereocenters. The minimum atomic E-state index is -4.84. The van der Waals surface area contributed by atoms with E-state index < -0.39 is 25.5 Å². The lowest BCUT2D eigenvalue weighted by Gasteiger charge is -2.22. The van der Waals surface area contributed by atoms with Crippen molar-refractivity contribution in [3.05, 3.63) is 46.5 Å². The molecule has 0 aliphatic heterocycles. The first-order valence-electron chi connectivity index (χ1n) is 5.98. The molecule has 0 aliphatic rings. The molecule has 114 valence electrons. The highest BCUT2D eigenvalue weighted by molar-refractivity contribution is 7.46. The third-order valence-electron chi connectivity index (χ3n) is 2.67. The molecule has 0 fully saturated rings. The van der Waals surface area contributed by atoms with Gasteiger partial charge in [0.15, 0.2) is 5.43 Å². The smallest absolute Gasteiger partial charge is 0.335 e. The van der Waals surface area contributed by atoms with Gasteiger partial charge in [-0.25, -0.2) is 13.5 Å². The minimum absolute atomic E-state index is 0.0909. The summed E-state index contributed by atoms with van der Waals surface area (Å²) < 4.78 is 35.6. The normalized spacial score (nSPS) is 13.5. The van der Waals surface area contributed by atoms with Crippen LogP contribution in [0.4, 0.5) is 4.39 Å². The molecule has 0 radical (unpaired) electrons. The molecular formula is C12H13FNO6P. The van der Waals surface area contributed by atoms with Crippen LogP contribution in [0.5, 0.6) is 0 Å². The lowest BCUT2D eigenvalue weighted by Crippen LogP contribution is -2.19. The van der Waals surface area contributed by atoms with Crippen LogP contribution in [-0.4, -0.2) is 21.0 Å². The van der Waals surface area contributed by atoms with E-state index in [1.807, 2.05) is 0 Å². The topological polar surface area (TPSA) is 98.0 Å². The highest BCUT2D eigenvalue weighted by atomic mass is 31.2. The number of ether oxygens (including phenoxy) is 1. The first-order chi connectivity index (χ1) is 9.83. The highest BCUT2D eigenvalue weighted by Crippen LogP contribution is 2.41. The molecule has 0 aliphatic carbocycles. The van der Waals surface area contributed by atoms with Crippen LogP contribution < -0.4 is 5.43 Å². The first-order valence-corrected chi connectivity index (χ1v) is 7.51. The molecule has 0 bridgehead atoms. The van der Waals surface area contributed by atoms with Gasteiger partial charge in [0.05, 0.1) is 10.9 Å². The molecule has 2 aromatic rings. The van der Waals surface area contributed by atoms with E-state index >= 15 is 0 Å². The third-order valence-corrected chi connectivity index (χ3v) is 3.12. The van der Waals surface area contributed by atoms with Crippen LogP contribution in [0, 0.1) is 5.82 Å². The number of phosphoric acid groups is 1. The molecule has 7 nitrogen and oxygen atoms in total. The maximum absolute atomic E-state index is 13.8. The van der Waals surface area contributed by atoms with Crippen molar-refractivity contribution in [3.8, 4) is 0 Å². The number of hydrogen-bond donors (Lipinski definition) is 2. The number of aromatic nitrogens is 1. The van der Waals surface area contributed by atoms with Crippen LogP contribution in [-0.2, 0) is 13.8 Å². The Kier molecular flexibility index (Phi) is 4.55. The number of benzene rings is 1. The predicted molar refractivity (Wildman–Crippen MR) is 72.0 cm³/mol. The van der Waals surface area contributed by atoms with E-state index in [1.165, 1.54) is 18.3 Å². The van der Waals surface area contributed by atoms with Crippen molar-refractivity contribution in [1.82, 2.24) is 4.57 Å². The van der Waals surface area contributed by atoms with Gasteiger partial charge in [-0.2, -0.15) is 0 Å². The molecule has 2 N–H and O–H groups in total. The summed E-state index contributed by atoms with van der Waals surface area (Å²) in [6.45, 7) is 1.69. The molecule has 2 rings (SSSR count). The molecule has 0 spiro atoms. The summed E-state index contributed by atoms with van der Waals surface area (Å²) in [4.78, 5) is 29.6. The van der Waals surface area contributed by atoms with Crippen molar-refractivity contribution in [2.75, 3.05) is 6.61 Å². The second-order valence-corrected chi connectivity index (χ2v) is 5.27. The van der Waals surface area contributed by atoms with Gasteiger partial charge in [0, 0.05) is 18.9 Å². The van der Waals surface area contributed by atoms with Crippen molar-refractivity contribution < 1.29 is 28.0 Å². The Labute approximate surface area is 118 Å². The summed E-state index contributed by atoms with van der Waals surface area (Å²) >= 11 is 0. The van der Waals surface area contributed by atoms with Crippen LogP contribution in [0.3, 0.4) is 0 Å². The predicted octanol–water partition coefficient (Wildman–Crippen LogP) is 1.74. The van der Waals surface area contributed by atoms with E-state index in [0.717, 1.165) is 16.7 Å². The molecule has 1 aromatic carbocycles. The Morgan fingerprint density at radius 3 is 2.71 bits per heavy atom. The lowest BCUT2D eigenvalue weighted by atomic mass is 10.2. The Morgan fingerprint density at radius 1 is 1.38 bits per heavy atom. The summed E-state index contributed by atoms with van der Waals surface area (Å²) in [7, 11) is -4.84. The summed E-state index contributed by atoms with van der Waals surface area (Å²) in [6, 6.07) is 4.98. The van der Waals surface area contributed by atoms with Crippen LogP contribution >= 0.6 is 7.82 Å². The van der Waals surface area contributed by atoms with E-state index in [1.54, 1.807) is 6.92 Å². The first kappa shape index (κ1) is 15.8. The second-order valence-electron chi connectivity index (χ2n) is 4.08. The fourth-order valence-corrected chi connectivity index (χ4v) is 2.29. The summed E-state index contributed by atoms with van der Waals surface area (Å²) in [5.41, 5.74) is -0.444. The Morgan fingerprint density at radius 2 is 2.10 bits per heavy atom. The van der Waals surface area contributed by atoms with Crippen LogP contribution in [0.1, 0.15) is 13.3 Å². The largest absolute Gasteiger partial charge is 0.473 e. The van der Waals surface area contributed by atoms with Gasteiger partial charge < -0.3 is 14.5 Å². The van der Waals surface area contributed by atoms with Crippen molar-refractivity contribution in [2.45, 2.75) is 13.3 Å². The lowest BCUT2D eigenvalue weighted by molar-refractivity contribution is -0.138.